The van der Waals surface area contributed by atoms with Crippen molar-refractivity contribution < 1.29 is 44.3 Å². The maximum absolute atomic E-state index is 13.1. The van der Waals surface area contributed by atoms with Crippen LogP contribution in [0.5, 0.6) is 0 Å². The van der Waals surface area contributed by atoms with Gasteiger partial charge in [-0.05, 0) is 53.3 Å². The second-order valence-corrected chi connectivity index (χ2v) is 8.95. The smallest absolute Gasteiger partial charge is 0.548 e. The Kier molecular flexibility index (Phi) is 11.5. The standard InChI is InChI=1S/C27H29N3O3S.Na/c1-30(2)25-13-15-28-18-21(25)11-9-19-10-12-22(23(17-19)20-7-5-4-6-8-20)26(31)29-24(27(32)33)14-16-34-3;/h4-13,15,17-18,24H,14,16H2,1-3H3,(H,29,31)(H,32,33);/q;+1/p-1/b11-9+;. The normalized spacial score (nSPS) is 11.5. The number of rotatable bonds is 10. The van der Waals surface area contributed by atoms with Crippen LogP contribution < -0.4 is 44.9 Å². The molecular weight excluding hydrogens is 469 g/mol. The Balaban J connectivity index is 0.00000432. The first kappa shape index (κ1) is 28.7. The van der Waals surface area contributed by atoms with Crippen LogP contribution in [0.25, 0.3) is 23.3 Å². The van der Waals surface area contributed by atoms with Crippen molar-refractivity contribution in [2.24, 2.45) is 0 Å². The van der Waals surface area contributed by atoms with Crippen LogP contribution >= 0.6 is 11.8 Å². The third-order valence-electron chi connectivity index (χ3n) is 5.34. The van der Waals surface area contributed by atoms with E-state index in [1.807, 2.05) is 85.9 Å². The Bertz CT molecular complexity index is 1170. The van der Waals surface area contributed by atoms with Crippen molar-refractivity contribution in [2.75, 3.05) is 31.0 Å². The molecule has 0 radical (unpaired) electrons. The number of amides is 1. The third-order valence-corrected chi connectivity index (χ3v) is 5.98. The predicted octanol–water partition coefficient (Wildman–Crippen LogP) is 0.590. The number of anilines is 1. The first-order valence-electron chi connectivity index (χ1n) is 10.9. The molecule has 1 atom stereocenters. The number of pyridine rings is 1. The molecule has 35 heavy (non-hydrogen) atoms. The number of hydrogen-bond donors (Lipinski definition) is 1. The van der Waals surface area contributed by atoms with Gasteiger partial charge in [0.1, 0.15) is 0 Å². The van der Waals surface area contributed by atoms with E-state index in [4.69, 9.17) is 0 Å². The number of carboxylic acids is 1. The molecule has 0 aliphatic rings. The average molecular weight is 498 g/mol. The van der Waals surface area contributed by atoms with Gasteiger partial charge in [-0.15, -0.1) is 0 Å². The van der Waals surface area contributed by atoms with Crippen molar-refractivity contribution >= 4 is 41.5 Å². The van der Waals surface area contributed by atoms with E-state index in [0.29, 0.717) is 17.7 Å². The fourth-order valence-electron chi connectivity index (χ4n) is 3.56. The summed E-state index contributed by atoms with van der Waals surface area (Å²) < 4.78 is 0. The molecule has 1 unspecified atom stereocenters. The fraction of sp³-hybridized carbons (Fsp3) is 0.222. The van der Waals surface area contributed by atoms with Gasteiger partial charge in [-0.2, -0.15) is 11.8 Å². The molecule has 0 aliphatic carbocycles. The van der Waals surface area contributed by atoms with E-state index >= 15 is 0 Å². The van der Waals surface area contributed by atoms with E-state index < -0.39 is 17.9 Å². The largest absolute Gasteiger partial charge is 1.00 e. The van der Waals surface area contributed by atoms with Gasteiger partial charge in [0.15, 0.2) is 0 Å². The van der Waals surface area contributed by atoms with Gasteiger partial charge in [0, 0.05) is 43.3 Å². The summed E-state index contributed by atoms with van der Waals surface area (Å²) in [6.07, 6.45) is 9.71. The summed E-state index contributed by atoms with van der Waals surface area (Å²) >= 11 is 1.52. The SMILES string of the molecule is CSCCC(NC(=O)c1ccc(/C=C/c2cnccc2N(C)C)cc1-c1ccccc1)C(=O)[O-].[Na+]. The number of carbonyl (C=O) groups excluding carboxylic acids is 2. The number of nitrogens with one attached hydrogen (secondary N) is 1. The van der Waals surface area contributed by atoms with Crippen LogP contribution in [-0.2, 0) is 4.79 Å². The number of thioether (sulfide) groups is 1. The Hall–Kier alpha value is -2.58. The average Bonchev–Trinajstić information content (AvgIpc) is 2.85. The zero-order chi connectivity index (χ0) is 24.5. The van der Waals surface area contributed by atoms with Crippen LogP contribution in [0, 0.1) is 0 Å². The van der Waals surface area contributed by atoms with Crippen LogP contribution in [-0.4, -0.2) is 49.0 Å². The Morgan fingerprint density at radius 1 is 1.11 bits per heavy atom. The molecule has 0 fully saturated rings. The predicted molar refractivity (Wildman–Crippen MR) is 139 cm³/mol. The van der Waals surface area contributed by atoms with Gasteiger partial charge >= 0.3 is 29.6 Å². The Labute approximate surface area is 233 Å². The van der Waals surface area contributed by atoms with Crippen molar-refractivity contribution in [3.05, 3.63) is 83.7 Å². The van der Waals surface area contributed by atoms with Crippen LogP contribution in [0.3, 0.4) is 0 Å². The quantitative estimate of drug-likeness (QED) is 0.413. The van der Waals surface area contributed by atoms with Crippen LogP contribution in [0.1, 0.15) is 27.9 Å². The maximum Gasteiger partial charge on any atom is 1.00 e. The summed E-state index contributed by atoms with van der Waals surface area (Å²) in [6, 6.07) is 16.0. The zero-order valence-corrected chi connectivity index (χ0v) is 23.3. The van der Waals surface area contributed by atoms with Gasteiger partial charge in [0.25, 0.3) is 5.91 Å². The van der Waals surface area contributed by atoms with E-state index in [0.717, 1.165) is 27.9 Å². The molecule has 8 heteroatoms. The van der Waals surface area contributed by atoms with Gasteiger partial charge in [0.05, 0.1) is 12.0 Å². The van der Waals surface area contributed by atoms with Crippen LogP contribution in [0.2, 0.25) is 0 Å². The number of carbonyl (C=O) groups is 2. The molecule has 1 amide bonds. The molecule has 6 nitrogen and oxygen atoms in total. The fourth-order valence-corrected chi connectivity index (χ4v) is 4.03. The van der Waals surface area contributed by atoms with Crippen molar-refractivity contribution in [1.82, 2.24) is 10.3 Å². The van der Waals surface area contributed by atoms with Crippen molar-refractivity contribution in [3.8, 4) is 11.1 Å². The van der Waals surface area contributed by atoms with Crippen molar-refractivity contribution in [3.63, 3.8) is 0 Å². The Morgan fingerprint density at radius 2 is 1.86 bits per heavy atom. The molecular formula is C27H28N3NaO3S. The summed E-state index contributed by atoms with van der Waals surface area (Å²) in [5.74, 6) is -1.11. The van der Waals surface area contributed by atoms with Crippen molar-refractivity contribution in [1.29, 1.82) is 0 Å². The van der Waals surface area contributed by atoms with Gasteiger partial charge in [-0.25, -0.2) is 0 Å². The number of aromatic nitrogens is 1. The Morgan fingerprint density at radius 3 is 2.51 bits per heavy atom. The van der Waals surface area contributed by atoms with Crippen molar-refractivity contribution in [2.45, 2.75) is 12.5 Å². The molecule has 176 valence electrons. The van der Waals surface area contributed by atoms with Crippen LogP contribution in [0.15, 0.2) is 67.0 Å². The van der Waals surface area contributed by atoms with E-state index in [1.165, 1.54) is 11.8 Å². The molecule has 1 aromatic heterocycles. The monoisotopic (exact) mass is 497 g/mol. The second kappa shape index (κ2) is 14.1. The topological polar surface area (TPSA) is 85.4 Å². The summed E-state index contributed by atoms with van der Waals surface area (Å²) in [7, 11) is 3.96. The summed E-state index contributed by atoms with van der Waals surface area (Å²) in [6.45, 7) is 0. The molecule has 1 N–H and O–H groups in total. The molecule has 0 aliphatic heterocycles. The van der Waals surface area contributed by atoms with Gasteiger partial charge < -0.3 is 20.1 Å². The molecule has 1 heterocycles. The minimum absolute atomic E-state index is 0. The number of benzene rings is 2. The zero-order valence-electron chi connectivity index (χ0n) is 20.5. The van der Waals surface area contributed by atoms with Gasteiger partial charge in [0.2, 0.25) is 0 Å². The summed E-state index contributed by atoms with van der Waals surface area (Å²) in [5.41, 5.74) is 4.93. The molecule has 3 aromatic rings. The molecule has 0 saturated carbocycles. The summed E-state index contributed by atoms with van der Waals surface area (Å²) in [4.78, 5) is 30.9. The van der Waals surface area contributed by atoms with E-state index in [1.54, 1.807) is 18.5 Å². The maximum atomic E-state index is 13.1. The second-order valence-electron chi connectivity index (χ2n) is 7.96. The van der Waals surface area contributed by atoms with E-state index in [2.05, 4.69) is 10.3 Å². The van der Waals surface area contributed by atoms with E-state index in [-0.39, 0.29) is 29.6 Å². The minimum atomic E-state index is -1.28. The molecule has 3 rings (SSSR count). The summed E-state index contributed by atoms with van der Waals surface area (Å²) in [5, 5.41) is 14.2. The minimum Gasteiger partial charge on any atom is -0.548 e. The molecule has 0 saturated heterocycles. The molecule has 0 spiro atoms. The van der Waals surface area contributed by atoms with E-state index in [9.17, 15) is 14.7 Å². The van der Waals surface area contributed by atoms with Gasteiger partial charge in [-0.3, -0.25) is 9.78 Å². The first-order chi connectivity index (χ1) is 16.4. The molecule has 0 bridgehead atoms. The number of hydrogen-bond acceptors (Lipinski definition) is 6. The number of aliphatic carboxylic acids is 1. The third kappa shape index (κ3) is 7.97. The molecule has 2 aromatic carbocycles. The number of carboxylic acid groups (broad SMARTS) is 1. The van der Waals surface area contributed by atoms with Crippen LogP contribution in [0.4, 0.5) is 5.69 Å². The first-order valence-corrected chi connectivity index (χ1v) is 12.3. The number of nitrogens with zero attached hydrogens (tertiary/aromatic N) is 2. The van der Waals surface area contributed by atoms with Gasteiger partial charge in [-0.1, -0.05) is 48.6 Å².